The molecule has 10 nitrogen and oxygen atoms in total. The topological polar surface area (TPSA) is 168 Å². The Kier molecular flexibility index (Phi) is 12.4. The average Bonchev–Trinajstić information content (AvgIpc) is 2.99. The Labute approximate surface area is 291 Å². The molecule has 4 aromatic carbocycles. The smallest absolute Gasteiger partial charge is 0.328 e. The number of amides is 7. The predicted molar refractivity (Wildman–Crippen MR) is 177 cm³/mol. The lowest BCUT2D eigenvalue weighted by atomic mass is 10.1. The van der Waals surface area contributed by atoms with E-state index < -0.39 is 29.8 Å². The molecule has 0 aliphatic rings. The Bertz CT molecular complexity index is 1870. The van der Waals surface area contributed by atoms with Crippen LogP contribution in [-0.4, -0.2) is 34.7 Å². The van der Waals surface area contributed by atoms with Gasteiger partial charge in [0.05, 0.1) is 64.1 Å². The number of carbonyl (C=O) groups excluding carboxylic acids is 5. The molecule has 0 heterocycles. The van der Waals surface area contributed by atoms with Crippen LogP contribution in [0.15, 0.2) is 78.9 Å². The number of hydrogen-bond donors (Lipinski definition) is 2. The standard InChI is InChI=1S/C15H8Cl4N2O3.C15H9Cl2N3O2/c16-8-4-2-5-9(17)11(8)14(23)21(15(20)24)13(22)7-3-1-6-10(18)12(7)19;16-11-2-1-3-12(17)13(11)14(21)20(15(19)22)10-6-4-9(8-18)5-7-10/h1-6H,(H2,20,24);1-7H,(H2,19,22). The van der Waals surface area contributed by atoms with Crippen LogP contribution in [0.5, 0.6) is 0 Å². The summed E-state index contributed by atoms with van der Waals surface area (Å²) in [5.74, 6) is -2.86. The third-order valence-corrected chi connectivity index (χ3v) is 7.92. The summed E-state index contributed by atoms with van der Waals surface area (Å²) < 4.78 is 0. The van der Waals surface area contributed by atoms with Crippen LogP contribution in [-0.2, 0) is 0 Å². The summed E-state index contributed by atoms with van der Waals surface area (Å²) in [5.41, 5.74) is 10.7. The molecule has 0 spiro atoms. The lowest BCUT2D eigenvalue weighted by Gasteiger charge is -2.19. The van der Waals surface area contributed by atoms with Crippen LogP contribution < -0.4 is 16.4 Å². The Hall–Kier alpha value is -4.34. The van der Waals surface area contributed by atoms with Gasteiger partial charge in [-0.15, -0.1) is 0 Å². The van der Waals surface area contributed by atoms with E-state index in [1.165, 1.54) is 72.8 Å². The van der Waals surface area contributed by atoms with E-state index in [1.54, 1.807) is 6.07 Å². The van der Waals surface area contributed by atoms with Crippen molar-refractivity contribution in [3.8, 4) is 6.07 Å². The molecule has 0 bridgehead atoms. The molecule has 234 valence electrons. The Morgan fingerprint density at radius 1 is 0.565 bits per heavy atom. The molecule has 0 saturated carbocycles. The molecule has 46 heavy (non-hydrogen) atoms. The van der Waals surface area contributed by atoms with Gasteiger partial charge < -0.3 is 11.5 Å². The number of nitriles is 1. The predicted octanol–water partition coefficient (Wildman–Crippen LogP) is 8.25. The number of anilines is 1. The highest BCUT2D eigenvalue weighted by Crippen LogP contribution is 2.30. The maximum atomic E-state index is 12.6. The molecule has 0 aromatic heterocycles. The Balaban J connectivity index is 0.000000251. The molecule has 16 heteroatoms. The van der Waals surface area contributed by atoms with E-state index in [0.29, 0.717) is 5.56 Å². The van der Waals surface area contributed by atoms with Crippen LogP contribution in [0.2, 0.25) is 30.1 Å². The van der Waals surface area contributed by atoms with Crippen molar-refractivity contribution >= 4 is 105 Å². The lowest BCUT2D eigenvalue weighted by molar-refractivity contribution is 0.0674. The van der Waals surface area contributed by atoms with Gasteiger partial charge in [-0.2, -0.15) is 10.2 Å². The largest absolute Gasteiger partial charge is 0.351 e. The van der Waals surface area contributed by atoms with Crippen LogP contribution in [0.25, 0.3) is 0 Å². The van der Waals surface area contributed by atoms with Gasteiger partial charge in [-0.1, -0.05) is 87.8 Å². The molecule has 0 atom stereocenters. The van der Waals surface area contributed by atoms with E-state index in [9.17, 15) is 24.0 Å². The summed E-state index contributed by atoms with van der Waals surface area (Å²) in [7, 11) is 0. The molecule has 0 aliphatic carbocycles. The second kappa shape index (κ2) is 15.8. The molecule has 0 unspecified atom stereocenters. The van der Waals surface area contributed by atoms with Gasteiger partial charge >= 0.3 is 12.1 Å². The van der Waals surface area contributed by atoms with Crippen LogP contribution in [0.1, 0.15) is 36.6 Å². The van der Waals surface area contributed by atoms with E-state index in [-0.39, 0.29) is 57.4 Å². The number of halogens is 6. The normalized spacial score (nSPS) is 10.1. The first-order chi connectivity index (χ1) is 21.7. The third-order valence-electron chi connectivity index (χ3n) is 5.84. The molecular weight excluding hydrogens is 723 g/mol. The van der Waals surface area contributed by atoms with Crippen molar-refractivity contribution in [1.29, 1.82) is 5.26 Å². The van der Waals surface area contributed by atoms with E-state index in [4.69, 9.17) is 86.3 Å². The molecule has 0 radical (unpaired) electrons. The fraction of sp³-hybridized carbons (Fsp3) is 0. The second-order valence-electron chi connectivity index (χ2n) is 8.72. The average molecular weight is 740 g/mol. The van der Waals surface area contributed by atoms with Crippen molar-refractivity contribution in [2.75, 3.05) is 4.90 Å². The SMILES string of the molecule is N#Cc1ccc(N(C(N)=O)C(=O)c2c(Cl)cccc2Cl)cc1.NC(=O)N(C(=O)c1cccc(Cl)c1Cl)C(=O)c1c(Cl)cccc1Cl. The summed E-state index contributed by atoms with van der Waals surface area (Å²) in [6.45, 7) is 0. The highest BCUT2D eigenvalue weighted by Gasteiger charge is 2.33. The third kappa shape index (κ3) is 8.08. The van der Waals surface area contributed by atoms with Gasteiger partial charge in [0.1, 0.15) is 0 Å². The zero-order valence-corrected chi connectivity index (χ0v) is 27.3. The van der Waals surface area contributed by atoms with Crippen LogP contribution in [0.3, 0.4) is 0 Å². The van der Waals surface area contributed by atoms with Gasteiger partial charge in [0.15, 0.2) is 0 Å². The van der Waals surface area contributed by atoms with Crippen LogP contribution in [0.4, 0.5) is 15.3 Å². The number of imide groups is 4. The summed E-state index contributed by atoms with van der Waals surface area (Å²) in [4.78, 5) is 62.0. The van der Waals surface area contributed by atoms with Gasteiger partial charge in [0, 0.05) is 0 Å². The molecule has 4 rings (SSSR count). The van der Waals surface area contributed by atoms with Gasteiger partial charge in [0.2, 0.25) is 0 Å². The summed E-state index contributed by atoms with van der Waals surface area (Å²) in [6, 6.07) is 18.5. The molecular formula is C30H17Cl6N5O5. The Morgan fingerprint density at radius 3 is 1.43 bits per heavy atom. The number of rotatable bonds is 4. The van der Waals surface area contributed by atoms with Crippen molar-refractivity contribution in [2.24, 2.45) is 11.5 Å². The highest BCUT2D eigenvalue weighted by molar-refractivity contribution is 6.45. The number of urea groups is 2. The minimum atomic E-state index is -1.31. The molecule has 4 aromatic rings. The second-order valence-corrected chi connectivity index (χ2v) is 11.1. The minimum Gasteiger partial charge on any atom is -0.351 e. The van der Waals surface area contributed by atoms with E-state index >= 15 is 0 Å². The van der Waals surface area contributed by atoms with Crippen LogP contribution >= 0.6 is 69.6 Å². The molecule has 0 fully saturated rings. The van der Waals surface area contributed by atoms with E-state index in [1.807, 2.05) is 6.07 Å². The number of nitrogens with two attached hydrogens (primary N) is 2. The summed E-state index contributed by atoms with van der Waals surface area (Å²) >= 11 is 35.6. The van der Waals surface area contributed by atoms with Gasteiger partial charge in [-0.25, -0.2) is 14.5 Å². The van der Waals surface area contributed by atoms with E-state index in [0.717, 1.165) is 4.90 Å². The Morgan fingerprint density at radius 2 is 1.00 bits per heavy atom. The number of carbonyl (C=O) groups is 5. The first-order valence-corrected chi connectivity index (χ1v) is 14.6. The van der Waals surface area contributed by atoms with E-state index in [2.05, 4.69) is 0 Å². The van der Waals surface area contributed by atoms with Gasteiger partial charge in [-0.05, 0) is 60.7 Å². The fourth-order valence-electron chi connectivity index (χ4n) is 3.74. The quantitative estimate of drug-likeness (QED) is 0.200. The van der Waals surface area contributed by atoms with Crippen LogP contribution in [0, 0.1) is 11.3 Å². The highest BCUT2D eigenvalue weighted by atomic mass is 35.5. The van der Waals surface area contributed by atoms with Gasteiger partial charge in [0.25, 0.3) is 17.7 Å². The maximum absolute atomic E-state index is 12.6. The number of primary amides is 2. The van der Waals surface area contributed by atoms with Crippen molar-refractivity contribution in [3.05, 3.63) is 131 Å². The van der Waals surface area contributed by atoms with Crippen molar-refractivity contribution in [3.63, 3.8) is 0 Å². The molecule has 0 aliphatic heterocycles. The summed E-state index contributed by atoms with van der Waals surface area (Å²) in [5, 5.41) is 8.88. The van der Waals surface area contributed by atoms with Gasteiger partial charge in [-0.3, -0.25) is 14.4 Å². The first kappa shape index (κ1) is 36.1. The summed E-state index contributed by atoms with van der Waals surface area (Å²) in [6.07, 6.45) is 0. The maximum Gasteiger partial charge on any atom is 0.328 e. The number of benzene rings is 4. The zero-order chi connectivity index (χ0) is 34.3. The van der Waals surface area contributed by atoms with Crippen molar-refractivity contribution in [1.82, 2.24) is 4.90 Å². The van der Waals surface area contributed by atoms with Crippen molar-refractivity contribution < 1.29 is 24.0 Å². The molecule has 7 amide bonds. The number of hydrogen-bond acceptors (Lipinski definition) is 6. The fourth-order valence-corrected chi connectivity index (χ4v) is 5.24. The molecule has 0 saturated heterocycles. The molecule has 4 N–H and O–H groups in total. The lowest BCUT2D eigenvalue weighted by Crippen LogP contribution is -2.45. The minimum absolute atomic E-state index is 0.0195. The first-order valence-electron chi connectivity index (χ1n) is 12.4. The van der Waals surface area contributed by atoms with Crippen molar-refractivity contribution in [2.45, 2.75) is 0 Å². The zero-order valence-electron chi connectivity index (χ0n) is 22.8. The number of nitrogens with zero attached hydrogens (tertiary/aromatic N) is 3. The monoisotopic (exact) mass is 737 g/mol.